The lowest BCUT2D eigenvalue weighted by Gasteiger charge is -2.30. The maximum Gasteiger partial charge on any atom is 0.223 e. The SMILES string of the molecule is CC(C)CC(=O)N(CCC(=O)NCCc1ccccc1)C(C)c1ccccc1. The second kappa shape index (κ2) is 11.3. The molecule has 1 unspecified atom stereocenters. The molecule has 2 amide bonds. The molecule has 0 aliphatic rings. The Morgan fingerprint density at radius 1 is 0.929 bits per heavy atom. The Kier molecular flexibility index (Phi) is 8.73. The van der Waals surface area contributed by atoms with Crippen LogP contribution in [0.15, 0.2) is 60.7 Å². The summed E-state index contributed by atoms with van der Waals surface area (Å²) in [6.07, 6.45) is 1.62. The molecule has 0 aromatic heterocycles. The van der Waals surface area contributed by atoms with Crippen molar-refractivity contribution in [2.75, 3.05) is 13.1 Å². The number of carbonyl (C=O) groups excluding carboxylic acids is 2. The average molecular weight is 381 g/mol. The third kappa shape index (κ3) is 7.18. The second-order valence-electron chi connectivity index (χ2n) is 7.61. The Morgan fingerprint density at radius 2 is 1.54 bits per heavy atom. The van der Waals surface area contributed by atoms with E-state index < -0.39 is 0 Å². The summed E-state index contributed by atoms with van der Waals surface area (Å²) >= 11 is 0. The molecule has 0 aliphatic carbocycles. The molecule has 28 heavy (non-hydrogen) atoms. The smallest absolute Gasteiger partial charge is 0.223 e. The lowest BCUT2D eigenvalue weighted by Crippen LogP contribution is -2.37. The van der Waals surface area contributed by atoms with E-state index in [0.717, 1.165) is 12.0 Å². The molecule has 0 fully saturated rings. The van der Waals surface area contributed by atoms with Gasteiger partial charge in [0.2, 0.25) is 11.8 Å². The molecule has 0 saturated carbocycles. The summed E-state index contributed by atoms with van der Waals surface area (Å²) in [4.78, 5) is 26.9. The van der Waals surface area contributed by atoms with E-state index in [2.05, 4.69) is 17.4 Å². The Bertz CT molecular complexity index is 729. The molecule has 1 N–H and O–H groups in total. The monoisotopic (exact) mass is 380 g/mol. The van der Waals surface area contributed by atoms with E-state index in [1.807, 2.05) is 74.2 Å². The van der Waals surface area contributed by atoms with Gasteiger partial charge in [0.15, 0.2) is 0 Å². The average Bonchev–Trinajstić information content (AvgIpc) is 2.69. The van der Waals surface area contributed by atoms with Gasteiger partial charge in [0.25, 0.3) is 0 Å². The van der Waals surface area contributed by atoms with Gasteiger partial charge in [-0.25, -0.2) is 0 Å². The van der Waals surface area contributed by atoms with E-state index in [-0.39, 0.29) is 23.8 Å². The number of nitrogens with one attached hydrogen (secondary N) is 1. The molecule has 0 bridgehead atoms. The lowest BCUT2D eigenvalue weighted by atomic mass is 10.0. The molecule has 0 radical (unpaired) electrons. The minimum atomic E-state index is -0.0513. The first kappa shape index (κ1) is 21.7. The molecule has 2 aromatic rings. The Balaban J connectivity index is 1.90. The second-order valence-corrected chi connectivity index (χ2v) is 7.61. The van der Waals surface area contributed by atoms with E-state index in [1.165, 1.54) is 5.56 Å². The summed E-state index contributed by atoms with van der Waals surface area (Å²) in [6.45, 7) is 7.15. The molecular weight excluding hydrogens is 348 g/mol. The highest BCUT2D eigenvalue weighted by Gasteiger charge is 2.22. The normalized spacial score (nSPS) is 11.9. The van der Waals surface area contributed by atoms with Crippen molar-refractivity contribution >= 4 is 11.8 Å². The van der Waals surface area contributed by atoms with E-state index in [0.29, 0.717) is 25.9 Å². The first-order valence-electron chi connectivity index (χ1n) is 10.1. The zero-order valence-electron chi connectivity index (χ0n) is 17.2. The number of amides is 2. The maximum absolute atomic E-state index is 12.8. The fraction of sp³-hybridized carbons (Fsp3) is 0.417. The quantitative estimate of drug-likeness (QED) is 0.665. The lowest BCUT2D eigenvalue weighted by molar-refractivity contribution is -0.134. The van der Waals surface area contributed by atoms with Crippen LogP contribution in [0.1, 0.15) is 50.8 Å². The molecule has 2 rings (SSSR count). The van der Waals surface area contributed by atoms with Crippen molar-refractivity contribution in [1.82, 2.24) is 10.2 Å². The van der Waals surface area contributed by atoms with E-state index in [9.17, 15) is 9.59 Å². The van der Waals surface area contributed by atoms with Crippen molar-refractivity contribution in [3.63, 3.8) is 0 Å². The molecule has 0 aliphatic heterocycles. The summed E-state index contributed by atoms with van der Waals surface area (Å²) in [6, 6.07) is 20.0. The summed E-state index contributed by atoms with van der Waals surface area (Å²) in [5.74, 6) is 0.375. The van der Waals surface area contributed by atoms with Crippen LogP contribution in [0.5, 0.6) is 0 Å². The van der Waals surface area contributed by atoms with Gasteiger partial charge >= 0.3 is 0 Å². The van der Waals surface area contributed by atoms with Gasteiger partial charge in [-0.2, -0.15) is 0 Å². The van der Waals surface area contributed by atoms with E-state index in [4.69, 9.17) is 0 Å². The number of nitrogens with zero attached hydrogens (tertiary/aromatic N) is 1. The summed E-state index contributed by atoms with van der Waals surface area (Å²) < 4.78 is 0. The van der Waals surface area contributed by atoms with Crippen LogP contribution < -0.4 is 5.32 Å². The summed E-state index contributed by atoms with van der Waals surface area (Å²) in [7, 11) is 0. The van der Waals surface area contributed by atoms with Crippen molar-refractivity contribution in [2.45, 2.75) is 46.1 Å². The van der Waals surface area contributed by atoms with Gasteiger partial charge in [0.05, 0.1) is 6.04 Å². The van der Waals surface area contributed by atoms with Crippen molar-refractivity contribution in [1.29, 1.82) is 0 Å². The molecule has 2 aromatic carbocycles. The van der Waals surface area contributed by atoms with Gasteiger partial charge in [-0.05, 0) is 30.4 Å². The molecule has 4 nitrogen and oxygen atoms in total. The van der Waals surface area contributed by atoms with Crippen LogP contribution in [-0.2, 0) is 16.0 Å². The van der Waals surface area contributed by atoms with Crippen molar-refractivity contribution in [3.8, 4) is 0 Å². The number of hydrogen-bond donors (Lipinski definition) is 1. The Morgan fingerprint density at radius 3 is 2.14 bits per heavy atom. The molecule has 150 valence electrons. The van der Waals surface area contributed by atoms with Gasteiger partial charge < -0.3 is 10.2 Å². The van der Waals surface area contributed by atoms with Crippen LogP contribution in [0.3, 0.4) is 0 Å². The van der Waals surface area contributed by atoms with Crippen molar-refractivity contribution < 1.29 is 9.59 Å². The number of hydrogen-bond acceptors (Lipinski definition) is 2. The molecule has 0 saturated heterocycles. The van der Waals surface area contributed by atoms with Crippen molar-refractivity contribution in [2.24, 2.45) is 5.92 Å². The molecule has 0 spiro atoms. The van der Waals surface area contributed by atoms with Crippen LogP contribution in [0.4, 0.5) is 0 Å². The number of rotatable bonds is 10. The number of benzene rings is 2. The largest absolute Gasteiger partial charge is 0.356 e. The predicted molar refractivity (Wildman–Crippen MR) is 114 cm³/mol. The first-order valence-corrected chi connectivity index (χ1v) is 10.1. The highest BCUT2D eigenvalue weighted by Crippen LogP contribution is 2.22. The molecule has 4 heteroatoms. The highest BCUT2D eigenvalue weighted by molar-refractivity contribution is 5.79. The molecule has 0 heterocycles. The topological polar surface area (TPSA) is 49.4 Å². The first-order chi connectivity index (χ1) is 13.5. The predicted octanol–water partition coefficient (Wildman–Crippen LogP) is 4.37. The van der Waals surface area contributed by atoms with Crippen LogP contribution in [-0.4, -0.2) is 29.8 Å². The highest BCUT2D eigenvalue weighted by atomic mass is 16.2. The minimum Gasteiger partial charge on any atom is -0.356 e. The number of carbonyl (C=O) groups is 2. The third-order valence-corrected chi connectivity index (χ3v) is 4.81. The zero-order chi connectivity index (χ0) is 20.4. The fourth-order valence-electron chi connectivity index (χ4n) is 3.21. The maximum atomic E-state index is 12.8. The van der Waals surface area contributed by atoms with Gasteiger partial charge in [0, 0.05) is 25.9 Å². The zero-order valence-corrected chi connectivity index (χ0v) is 17.2. The fourth-order valence-corrected chi connectivity index (χ4v) is 3.21. The van der Waals surface area contributed by atoms with Crippen LogP contribution in [0.25, 0.3) is 0 Å². The van der Waals surface area contributed by atoms with Gasteiger partial charge in [-0.15, -0.1) is 0 Å². The van der Waals surface area contributed by atoms with Crippen LogP contribution in [0.2, 0.25) is 0 Å². The minimum absolute atomic E-state index is 0.0152. The van der Waals surface area contributed by atoms with Gasteiger partial charge in [0.1, 0.15) is 0 Å². The van der Waals surface area contributed by atoms with Crippen LogP contribution in [0, 0.1) is 5.92 Å². The van der Waals surface area contributed by atoms with Gasteiger partial charge in [-0.3, -0.25) is 9.59 Å². The molecular formula is C24H32N2O2. The Hall–Kier alpha value is -2.62. The third-order valence-electron chi connectivity index (χ3n) is 4.81. The van der Waals surface area contributed by atoms with Crippen LogP contribution >= 0.6 is 0 Å². The van der Waals surface area contributed by atoms with Gasteiger partial charge in [-0.1, -0.05) is 74.5 Å². The Labute approximate surface area is 169 Å². The summed E-state index contributed by atoms with van der Waals surface area (Å²) in [5, 5.41) is 2.97. The molecule has 1 atom stereocenters. The summed E-state index contributed by atoms with van der Waals surface area (Å²) in [5.41, 5.74) is 2.29. The van der Waals surface area contributed by atoms with Crippen molar-refractivity contribution in [3.05, 3.63) is 71.8 Å². The van der Waals surface area contributed by atoms with E-state index in [1.54, 1.807) is 0 Å². The standard InChI is InChI=1S/C24H32N2O2/c1-19(2)18-24(28)26(20(3)22-12-8-5-9-13-22)17-15-23(27)25-16-14-21-10-6-4-7-11-21/h4-13,19-20H,14-18H2,1-3H3,(H,25,27). The van der Waals surface area contributed by atoms with E-state index >= 15 is 0 Å².